The largest absolute Gasteiger partial charge is 0.0880 e. The van der Waals surface area contributed by atoms with Crippen molar-refractivity contribution in [3.63, 3.8) is 0 Å². The van der Waals surface area contributed by atoms with Crippen molar-refractivity contribution in [3.05, 3.63) is 11.6 Å². The average molecular weight is 299 g/mol. The van der Waals surface area contributed by atoms with E-state index in [1.807, 2.05) is 0 Å². The van der Waals surface area contributed by atoms with E-state index in [2.05, 4.69) is 28.9 Å². The molecule has 2 unspecified atom stereocenters. The molecule has 0 heterocycles. The molecule has 2 aliphatic rings. The Morgan fingerprint density at radius 1 is 1.06 bits per heavy atom. The second-order valence-electron chi connectivity index (χ2n) is 6.24. The van der Waals surface area contributed by atoms with E-state index >= 15 is 0 Å². The highest BCUT2D eigenvalue weighted by Crippen LogP contribution is 2.35. The van der Waals surface area contributed by atoms with Crippen molar-refractivity contribution >= 4 is 15.9 Å². The van der Waals surface area contributed by atoms with Gasteiger partial charge in [0.2, 0.25) is 0 Å². The van der Waals surface area contributed by atoms with E-state index in [4.69, 9.17) is 0 Å². The Labute approximate surface area is 115 Å². The summed E-state index contributed by atoms with van der Waals surface area (Å²) in [5.74, 6) is 2.74. The second-order valence-corrected chi connectivity index (χ2v) is 6.80. The highest BCUT2D eigenvalue weighted by molar-refractivity contribution is 9.09. The predicted molar refractivity (Wildman–Crippen MR) is 79.6 cm³/mol. The highest BCUT2D eigenvalue weighted by Gasteiger charge is 2.21. The maximum atomic E-state index is 3.73. The molecule has 0 aromatic carbocycles. The van der Waals surface area contributed by atoms with Crippen LogP contribution in [0.5, 0.6) is 0 Å². The van der Waals surface area contributed by atoms with Gasteiger partial charge >= 0.3 is 0 Å². The lowest BCUT2D eigenvalue weighted by Crippen LogP contribution is -2.15. The summed E-state index contributed by atoms with van der Waals surface area (Å²) in [5.41, 5.74) is 1.73. The molecular weight excluding hydrogens is 272 g/mol. The summed E-state index contributed by atoms with van der Waals surface area (Å²) >= 11 is 3.73. The molecule has 0 radical (unpaired) electrons. The van der Waals surface area contributed by atoms with Gasteiger partial charge in [-0.25, -0.2) is 0 Å². The number of hydrogen-bond acceptors (Lipinski definition) is 0. The molecule has 2 aliphatic carbocycles. The van der Waals surface area contributed by atoms with Crippen molar-refractivity contribution in [3.8, 4) is 0 Å². The monoisotopic (exact) mass is 298 g/mol. The molecule has 17 heavy (non-hydrogen) atoms. The molecule has 0 aromatic heterocycles. The second kappa shape index (κ2) is 6.97. The molecule has 2 fully saturated rings. The van der Waals surface area contributed by atoms with E-state index < -0.39 is 0 Å². The topological polar surface area (TPSA) is 0 Å². The quantitative estimate of drug-likeness (QED) is 0.462. The van der Waals surface area contributed by atoms with Gasteiger partial charge in [-0.15, -0.1) is 0 Å². The zero-order valence-corrected chi connectivity index (χ0v) is 12.8. The van der Waals surface area contributed by atoms with Crippen LogP contribution in [0.15, 0.2) is 11.6 Å². The summed E-state index contributed by atoms with van der Waals surface area (Å²) in [6.45, 7) is 2.43. The lowest BCUT2D eigenvalue weighted by Gasteiger charge is -2.28. The Morgan fingerprint density at radius 2 is 1.82 bits per heavy atom. The van der Waals surface area contributed by atoms with Crippen molar-refractivity contribution < 1.29 is 0 Å². The fraction of sp³-hybridized carbons (Fsp3) is 0.875. The minimum Gasteiger partial charge on any atom is -0.0880 e. The zero-order chi connectivity index (χ0) is 12.1. The minimum absolute atomic E-state index is 0.883. The number of allylic oxidation sites excluding steroid dienone is 2. The first-order chi connectivity index (χ1) is 8.29. The normalized spacial score (nSPS) is 32.7. The lowest BCUT2D eigenvalue weighted by molar-refractivity contribution is 0.320. The van der Waals surface area contributed by atoms with E-state index in [0.29, 0.717) is 0 Å². The summed E-state index contributed by atoms with van der Waals surface area (Å²) in [5, 5.41) is 1.11. The van der Waals surface area contributed by atoms with Crippen LogP contribution >= 0.6 is 15.9 Å². The third-order valence-corrected chi connectivity index (χ3v) is 5.36. The number of halogens is 1. The van der Waals surface area contributed by atoms with Crippen LogP contribution in [-0.2, 0) is 0 Å². The van der Waals surface area contributed by atoms with Gasteiger partial charge in [0.1, 0.15) is 0 Å². The zero-order valence-electron chi connectivity index (χ0n) is 11.3. The van der Waals surface area contributed by atoms with Crippen LogP contribution in [0, 0.1) is 17.8 Å². The van der Waals surface area contributed by atoms with Gasteiger partial charge in [0, 0.05) is 5.33 Å². The average Bonchev–Trinajstić information content (AvgIpc) is 2.37. The van der Waals surface area contributed by atoms with Crippen LogP contribution in [0.3, 0.4) is 0 Å². The highest BCUT2D eigenvalue weighted by atomic mass is 79.9. The van der Waals surface area contributed by atoms with Crippen LogP contribution in [0.25, 0.3) is 0 Å². The van der Waals surface area contributed by atoms with Crippen LogP contribution in [0.4, 0.5) is 0 Å². The van der Waals surface area contributed by atoms with Crippen LogP contribution in [0.2, 0.25) is 0 Å². The van der Waals surface area contributed by atoms with Crippen LogP contribution in [0.1, 0.15) is 64.7 Å². The van der Waals surface area contributed by atoms with Gasteiger partial charge < -0.3 is 0 Å². The molecule has 1 heteroatoms. The Bertz CT molecular complexity index is 250. The molecule has 98 valence electrons. The predicted octanol–water partition coefficient (Wildman–Crippen LogP) is 5.71. The van der Waals surface area contributed by atoms with Gasteiger partial charge in [-0.3, -0.25) is 0 Å². The molecule has 0 N–H and O–H groups in total. The van der Waals surface area contributed by atoms with E-state index in [0.717, 1.165) is 23.1 Å². The number of hydrogen-bond donors (Lipinski definition) is 0. The Hall–Kier alpha value is 0.220. The Kier molecular flexibility index (Phi) is 5.59. The van der Waals surface area contributed by atoms with E-state index in [1.54, 1.807) is 5.57 Å². The molecule has 0 aromatic rings. The number of rotatable bonds is 3. The molecule has 0 amide bonds. The van der Waals surface area contributed by atoms with Crippen molar-refractivity contribution in [2.45, 2.75) is 64.7 Å². The van der Waals surface area contributed by atoms with Gasteiger partial charge in [0.15, 0.2) is 0 Å². The molecule has 0 aliphatic heterocycles. The molecule has 0 bridgehead atoms. The fourth-order valence-corrected chi connectivity index (χ4v) is 4.34. The molecule has 0 nitrogen and oxygen atoms in total. The maximum absolute atomic E-state index is 3.73. The molecular formula is C16H27Br. The van der Waals surface area contributed by atoms with Crippen molar-refractivity contribution in [1.29, 1.82) is 0 Å². The van der Waals surface area contributed by atoms with Crippen molar-refractivity contribution in [2.75, 3.05) is 5.33 Å². The number of alkyl halides is 1. The summed E-state index contributed by atoms with van der Waals surface area (Å²) < 4.78 is 0. The standard InChI is InChI=1S/C16H27Br/c1-13-6-5-7-14(10-13)11-16(12-17)15-8-3-2-4-9-15/h11,13-15H,2-10,12H2,1H3/b16-11-. The van der Waals surface area contributed by atoms with E-state index in [1.165, 1.54) is 57.8 Å². The SMILES string of the molecule is CC1CCCC(/C=C(/CBr)C2CCCCC2)C1. The smallest absolute Gasteiger partial charge is 0.0244 e. The van der Waals surface area contributed by atoms with Crippen molar-refractivity contribution in [1.82, 2.24) is 0 Å². The van der Waals surface area contributed by atoms with E-state index in [-0.39, 0.29) is 0 Å². The van der Waals surface area contributed by atoms with Gasteiger partial charge in [-0.05, 0) is 43.4 Å². The summed E-state index contributed by atoms with van der Waals surface area (Å²) in [7, 11) is 0. The summed E-state index contributed by atoms with van der Waals surface area (Å²) in [6.07, 6.45) is 15.7. The summed E-state index contributed by atoms with van der Waals surface area (Å²) in [6, 6.07) is 0. The Morgan fingerprint density at radius 3 is 2.47 bits per heavy atom. The molecule has 2 rings (SSSR count). The molecule has 0 saturated heterocycles. The van der Waals surface area contributed by atoms with Gasteiger partial charge in [-0.1, -0.05) is 66.6 Å². The Balaban J connectivity index is 1.95. The van der Waals surface area contributed by atoms with Gasteiger partial charge in [0.25, 0.3) is 0 Å². The van der Waals surface area contributed by atoms with E-state index in [9.17, 15) is 0 Å². The van der Waals surface area contributed by atoms with Crippen molar-refractivity contribution in [2.24, 2.45) is 17.8 Å². The summed E-state index contributed by atoms with van der Waals surface area (Å²) in [4.78, 5) is 0. The van der Waals surface area contributed by atoms with Gasteiger partial charge in [-0.2, -0.15) is 0 Å². The third kappa shape index (κ3) is 4.12. The first-order valence-electron chi connectivity index (χ1n) is 7.56. The first kappa shape index (κ1) is 13.6. The van der Waals surface area contributed by atoms with Gasteiger partial charge in [0.05, 0.1) is 0 Å². The fourth-order valence-electron chi connectivity index (χ4n) is 3.70. The maximum Gasteiger partial charge on any atom is 0.0244 e. The molecule has 0 spiro atoms. The molecule has 2 atom stereocenters. The lowest BCUT2D eigenvalue weighted by atomic mass is 9.78. The third-order valence-electron chi connectivity index (χ3n) is 4.71. The minimum atomic E-state index is 0.883. The van der Waals surface area contributed by atoms with Crippen LogP contribution in [-0.4, -0.2) is 5.33 Å². The first-order valence-corrected chi connectivity index (χ1v) is 8.68. The van der Waals surface area contributed by atoms with Crippen LogP contribution < -0.4 is 0 Å². The molecule has 2 saturated carbocycles.